The Balaban J connectivity index is 0.00000529. The molecule has 0 radical (unpaired) electrons. The lowest BCUT2D eigenvalue weighted by atomic mass is 10.1. The highest BCUT2D eigenvalue weighted by atomic mass is 127. The molecule has 0 aliphatic carbocycles. The summed E-state index contributed by atoms with van der Waals surface area (Å²) in [5, 5.41) is 13.4. The summed E-state index contributed by atoms with van der Waals surface area (Å²) >= 11 is 0. The molecule has 0 aliphatic heterocycles. The van der Waals surface area contributed by atoms with Gasteiger partial charge >= 0.3 is 0 Å². The molecule has 0 bridgehead atoms. The lowest BCUT2D eigenvalue weighted by molar-refractivity contribution is -0.123. The van der Waals surface area contributed by atoms with Crippen molar-refractivity contribution in [2.75, 3.05) is 20.1 Å². The maximum Gasteiger partial charge on any atom is 0.222 e. The molecule has 24 heavy (non-hydrogen) atoms. The molecule has 1 amide bonds. The fourth-order valence-electron chi connectivity index (χ4n) is 2.10. The summed E-state index contributed by atoms with van der Waals surface area (Å²) in [4.78, 5) is 15.7. The number of halogens is 1. The van der Waals surface area contributed by atoms with Gasteiger partial charge in [0.25, 0.3) is 0 Å². The smallest absolute Gasteiger partial charge is 0.222 e. The maximum absolute atomic E-state index is 11.5. The van der Waals surface area contributed by atoms with Gasteiger partial charge in [-0.05, 0) is 6.42 Å². The van der Waals surface area contributed by atoms with Crippen LogP contribution in [-0.4, -0.2) is 37.2 Å². The van der Waals surface area contributed by atoms with E-state index >= 15 is 0 Å². The number of aryl methyl sites for hydroxylation is 2. The predicted octanol–water partition coefficient (Wildman–Crippen LogP) is 1.85. The summed E-state index contributed by atoms with van der Waals surface area (Å²) in [6.45, 7) is 9.65. The molecule has 0 saturated heterocycles. The molecule has 138 valence electrons. The maximum atomic E-state index is 11.5. The second-order valence-electron chi connectivity index (χ2n) is 5.54. The SMILES string of the molecule is CCc1noc(CC)c1CNC(=NC)NCCNC(=O)C(C)C.I. The number of guanidine groups is 1. The monoisotopic (exact) mass is 451 g/mol. The third-order valence-electron chi connectivity index (χ3n) is 3.50. The van der Waals surface area contributed by atoms with E-state index in [1.807, 2.05) is 20.8 Å². The molecular weight excluding hydrogens is 421 g/mol. The van der Waals surface area contributed by atoms with Gasteiger partial charge in [0, 0.05) is 44.6 Å². The van der Waals surface area contributed by atoms with Gasteiger partial charge in [-0.2, -0.15) is 0 Å². The Morgan fingerprint density at radius 2 is 1.83 bits per heavy atom. The zero-order valence-electron chi connectivity index (χ0n) is 15.2. The number of aromatic nitrogens is 1. The average molecular weight is 451 g/mol. The third-order valence-corrected chi connectivity index (χ3v) is 3.50. The number of amides is 1. The van der Waals surface area contributed by atoms with Gasteiger partial charge in [0.15, 0.2) is 5.96 Å². The summed E-state index contributed by atoms with van der Waals surface area (Å²) in [7, 11) is 1.72. The van der Waals surface area contributed by atoms with E-state index in [9.17, 15) is 4.79 Å². The molecule has 0 fully saturated rings. The summed E-state index contributed by atoms with van der Waals surface area (Å²) in [6, 6.07) is 0. The van der Waals surface area contributed by atoms with Crippen LogP contribution in [-0.2, 0) is 24.2 Å². The zero-order chi connectivity index (χ0) is 17.2. The van der Waals surface area contributed by atoms with Crippen molar-refractivity contribution in [3.8, 4) is 0 Å². The molecule has 0 saturated carbocycles. The largest absolute Gasteiger partial charge is 0.361 e. The molecule has 8 heteroatoms. The van der Waals surface area contributed by atoms with Crippen LogP contribution < -0.4 is 16.0 Å². The highest BCUT2D eigenvalue weighted by molar-refractivity contribution is 14.0. The van der Waals surface area contributed by atoms with E-state index in [-0.39, 0.29) is 35.8 Å². The third kappa shape index (κ3) is 7.06. The van der Waals surface area contributed by atoms with E-state index in [4.69, 9.17) is 4.52 Å². The summed E-state index contributed by atoms with van der Waals surface area (Å²) < 4.78 is 5.35. The Morgan fingerprint density at radius 3 is 2.38 bits per heavy atom. The van der Waals surface area contributed by atoms with Crippen molar-refractivity contribution in [3.05, 3.63) is 17.0 Å². The van der Waals surface area contributed by atoms with Crippen LogP contribution in [0.1, 0.15) is 44.7 Å². The highest BCUT2D eigenvalue weighted by Crippen LogP contribution is 2.15. The van der Waals surface area contributed by atoms with Crippen molar-refractivity contribution in [1.29, 1.82) is 0 Å². The first-order valence-corrected chi connectivity index (χ1v) is 8.21. The molecular formula is C16H30IN5O2. The Bertz CT molecular complexity index is 507. The lowest BCUT2D eigenvalue weighted by Gasteiger charge is -2.13. The lowest BCUT2D eigenvalue weighted by Crippen LogP contribution is -2.42. The number of aliphatic imine (C=N–C) groups is 1. The van der Waals surface area contributed by atoms with Gasteiger partial charge in [0.1, 0.15) is 5.76 Å². The fraction of sp³-hybridized carbons (Fsp3) is 0.688. The molecule has 0 unspecified atom stereocenters. The van der Waals surface area contributed by atoms with Crippen LogP contribution in [0.15, 0.2) is 9.52 Å². The van der Waals surface area contributed by atoms with Crippen LogP contribution in [0.3, 0.4) is 0 Å². The molecule has 1 aromatic heterocycles. The first kappa shape index (κ1) is 22.7. The molecule has 0 aromatic carbocycles. The molecule has 1 aromatic rings. The minimum absolute atomic E-state index is 0. The number of nitrogens with zero attached hydrogens (tertiary/aromatic N) is 2. The minimum Gasteiger partial charge on any atom is -0.361 e. The van der Waals surface area contributed by atoms with E-state index in [0.717, 1.165) is 29.9 Å². The fourth-order valence-corrected chi connectivity index (χ4v) is 2.10. The Kier molecular flexibility index (Phi) is 11.4. The molecule has 0 spiro atoms. The number of rotatable bonds is 8. The Labute approximate surface area is 161 Å². The van der Waals surface area contributed by atoms with Crippen LogP contribution in [0.2, 0.25) is 0 Å². The molecule has 1 rings (SSSR count). The van der Waals surface area contributed by atoms with Crippen LogP contribution in [0.25, 0.3) is 0 Å². The quantitative estimate of drug-likeness (QED) is 0.243. The Hall–Kier alpha value is -1.32. The van der Waals surface area contributed by atoms with Crippen molar-refractivity contribution < 1.29 is 9.32 Å². The first-order valence-electron chi connectivity index (χ1n) is 8.21. The number of hydrogen-bond donors (Lipinski definition) is 3. The van der Waals surface area contributed by atoms with Gasteiger partial charge in [-0.15, -0.1) is 24.0 Å². The van der Waals surface area contributed by atoms with Crippen molar-refractivity contribution in [3.63, 3.8) is 0 Å². The first-order chi connectivity index (χ1) is 11.0. The predicted molar refractivity (Wildman–Crippen MR) is 107 cm³/mol. The van der Waals surface area contributed by atoms with Crippen LogP contribution >= 0.6 is 24.0 Å². The zero-order valence-corrected chi connectivity index (χ0v) is 17.6. The van der Waals surface area contributed by atoms with Crippen molar-refractivity contribution in [1.82, 2.24) is 21.1 Å². The van der Waals surface area contributed by atoms with Crippen LogP contribution in [0, 0.1) is 5.92 Å². The Morgan fingerprint density at radius 1 is 1.17 bits per heavy atom. The second kappa shape index (κ2) is 12.1. The van der Waals surface area contributed by atoms with Gasteiger partial charge in [-0.3, -0.25) is 9.79 Å². The topological polar surface area (TPSA) is 91.6 Å². The van der Waals surface area contributed by atoms with Gasteiger partial charge in [-0.1, -0.05) is 32.9 Å². The number of carbonyl (C=O) groups is 1. The minimum atomic E-state index is 0. The average Bonchev–Trinajstić information content (AvgIpc) is 2.95. The van der Waals surface area contributed by atoms with Crippen LogP contribution in [0.4, 0.5) is 0 Å². The van der Waals surface area contributed by atoms with E-state index in [1.165, 1.54) is 0 Å². The van der Waals surface area contributed by atoms with E-state index in [0.29, 0.717) is 25.6 Å². The number of carbonyl (C=O) groups excluding carboxylic acids is 1. The van der Waals surface area contributed by atoms with Crippen molar-refractivity contribution >= 4 is 35.8 Å². The van der Waals surface area contributed by atoms with E-state index in [2.05, 4.69) is 33.0 Å². The van der Waals surface area contributed by atoms with Gasteiger partial charge < -0.3 is 20.5 Å². The van der Waals surface area contributed by atoms with Gasteiger partial charge in [-0.25, -0.2) is 0 Å². The number of hydrogen-bond acceptors (Lipinski definition) is 4. The van der Waals surface area contributed by atoms with E-state index in [1.54, 1.807) is 7.05 Å². The molecule has 1 heterocycles. The highest BCUT2D eigenvalue weighted by Gasteiger charge is 2.13. The molecule has 0 aliphatic rings. The van der Waals surface area contributed by atoms with E-state index < -0.39 is 0 Å². The molecule has 3 N–H and O–H groups in total. The molecule has 7 nitrogen and oxygen atoms in total. The van der Waals surface area contributed by atoms with Gasteiger partial charge in [0.2, 0.25) is 5.91 Å². The van der Waals surface area contributed by atoms with Gasteiger partial charge in [0.05, 0.1) is 5.69 Å². The van der Waals surface area contributed by atoms with Crippen molar-refractivity contribution in [2.24, 2.45) is 10.9 Å². The molecule has 0 atom stereocenters. The summed E-state index contributed by atoms with van der Waals surface area (Å²) in [5.74, 6) is 1.66. The standard InChI is InChI=1S/C16H29N5O2.HI/c1-6-13-12(14(7-2)23-21-13)10-20-16(17-5)19-9-8-18-15(22)11(3)4;/h11H,6-10H2,1-5H3,(H,18,22)(H2,17,19,20);1H. The summed E-state index contributed by atoms with van der Waals surface area (Å²) in [5.41, 5.74) is 2.08. The normalized spacial score (nSPS) is 11.2. The van der Waals surface area contributed by atoms with Crippen molar-refractivity contribution in [2.45, 2.75) is 47.1 Å². The van der Waals surface area contributed by atoms with Crippen LogP contribution in [0.5, 0.6) is 0 Å². The second-order valence-corrected chi connectivity index (χ2v) is 5.54. The summed E-state index contributed by atoms with van der Waals surface area (Å²) in [6.07, 6.45) is 1.66. The number of nitrogens with one attached hydrogen (secondary N) is 3.